The lowest BCUT2D eigenvalue weighted by Crippen LogP contribution is -2.05. The second-order valence-corrected chi connectivity index (χ2v) is 4.19. The zero-order chi connectivity index (χ0) is 15.3. The van der Waals surface area contributed by atoms with E-state index in [1.54, 1.807) is 12.1 Å². The lowest BCUT2D eigenvalue weighted by Gasteiger charge is -2.08. The van der Waals surface area contributed by atoms with Crippen LogP contribution in [0.25, 0.3) is 0 Å². The molecule has 0 aliphatic carbocycles. The van der Waals surface area contributed by atoms with Gasteiger partial charge in [0.1, 0.15) is 6.61 Å². The zero-order valence-corrected chi connectivity index (χ0v) is 10.8. The van der Waals surface area contributed by atoms with Gasteiger partial charge in [0.05, 0.1) is 11.8 Å². The summed E-state index contributed by atoms with van der Waals surface area (Å²) in [7, 11) is 0. The number of nitrogens with two attached hydrogens (primary N) is 1. The number of aromatic nitrogens is 1. The Morgan fingerprint density at radius 1 is 1.14 bits per heavy atom. The van der Waals surface area contributed by atoms with E-state index in [0.717, 1.165) is 17.7 Å². The maximum atomic E-state index is 12.4. The van der Waals surface area contributed by atoms with Gasteiger partial charge in [-0.2, -0.15) is 18.3 Å². The van der Waals surface area contributed by atoms with Gasteiger partial charge in [0.15, 0.2) is 0 Å². The number of pyridine rings is 1. The summed E-state index contributed by atoms with van der Waals surface area (Å²) in [5.74, 6) is 5.37. The van der Waals surface area contributed by atoms with Crippen LogP contribution in [0.3, 0.4) is 0 Å². The number of nitrogens with zero attached hydrogens (tertiary/aromatic N) is 2. The molecule has 0 saturated carbocycles. The van der Waals surface area contributed by atoms with Crippen LogP contribution in [0.5, 0.6) is 5.88 Å². The Labute approximate surface area is 119 Å². The third-order valence-corrected chi connectivity index (χ3v) is 2.65. The highest BCUT2D eigenvalue weighted by atomic mass is 19.4. The molecule has 2 aromatic rings. The molecule has 0 saturated heterocycles. The van der Waals surface area contributed by atoms with Gasteiger partial charge < -0.3 is 10.6 Å². The highest BCUT2D eigenvalue weighted by Gasteiger charge is 2.29. The molecule has 1 aromatic heterocycles. The van der Waals surface area contributed by atoms with Crippen LogP contribution in [0.4, 0.5) is 13.2 Å². The lowest BCUT2D eigenvalue weighted by atomic mass is 10.1. The van der Waals surface area contributed by atoms with Crippen molar-refractivity contribution in [1.82, 2.24) is 4.98 Å². The second kappa shape index (κ2) is 6.25. The van der Waals surface area contributed by atoms with Gasteiger partial charge in [0.25, 0.3) is 0 Å². The van der Waals surface area contributed by atoms with Crippen molar-refractivity contribution < 1.29 is 17.9 Å². The van der Waals surface area contributed by atoms with Crippen molar-refractivity contribution in [3.63, 3.8) is 0 Å². The summed E-state index contributed by atoms with van der Waals surface area (Å²) in [6, 6.07) is 8.13. The van der Waals surface area contributed by atoms with Crippen LogP contribution < -0.4 is 10.6 Å². The van der Waals surface area contributed by atoms with E-state index in [9.17, 15) is 13.2 Å². The highest BCUT2D eigenvalue weighted by molar-refractivity contribution is 5.78. The van der Waals surface area contributed by atoms with Gasteiger partial charge in [-0.3, -0.25) is 0 Å². The van der Waals surface area contributed by atoms with Gasteiger partial charge in [0, 0.05) is 17.8 Å². The topological polar surface area (TPSA) is 60.5 Å². The SMILES string of the molecule is NN=Cc1ccc(OCc2ccc(C(F)(F)F)cc2)nc1. The number of hydrazone groups is 1. The first-order valence-electron chi connectivity index (χ1n) is 5.97. The smallest absolute Gasteiger partial charge is 0.416 e. The summed E-state index contributed by atoms with van der Waals surface area (Å²) >= 11 is 0. The van der Waals surface area contributed by atoms with Crippen LogP contribution in [0, 0.1) is 0 Å². The molecule has 0 aliphatic heterocycles. The summed E-state index contributed by atoms with van der Waals surface area (Å²) in [5, 5.41) is 3.36. The highest BCUT2D eigenvalue weighted by Crippen LogP contribution is 2.29. The molecule has 110 valence electrons. The van der Waals surface area contributed by atoms with Crippen molar-refractivity contribution in [2.75, 3.05) is 0 Å². The first kappa shape index (κ1) is 14.8. The van der Waals surface area contributed by atoms with Crippen LogP contribution in [0.1, 0.15) is 16.7 Å². The third kappa shape index (κ3) is 4.20. The van der Waals surface area contributed by atoms with Crippen LogP contribution >= 0.6 is 0 Å². The minimum absolute atomic E-state index is 0.134. The average molecular weight is 295 g/mol. The number of rotatable bonds is 4. The van der Waals surface area contributed by atoms with Gasteiger partial charge in [-0.1, -0.05) is 12.1 Å². The van der Waals surface area contributed by atoms with Crippen molar-refractivity contribution in [1.29, 1.82) is 0 Å². The normalized spacial score (nSPS) is 11.8. The van der Waals surface area contributed by atoms with Crippen LogP contribution in [0.2, 0.25) is 0 Å². The second-order valence-electron chi connectivity index (χ2n) is 4.19. The summed E-state index contributed by atoms with van der Waals surface area (Å²) in [5.41, 5.74) is 0.659. The van der Waals surface area contributed by atoms with Gasteiger partial charge in [-0.05, 0) is 23.8 Å². The summed E-state index contributed by atoms with van der Waals surface area (Å²) in [4.78, 5) is 4.02. The molecule has 2 N–H and O–H groups in total. The Balaban J connectivity index is 1.96. The van der Waals surface area contributed by atoms with E-state index in [4.69, 9.17) is 10.6 Å². The lowest BCUT2D eigenvalue weighted by molar-refractivity contribution is -0.137. The summed E-state index contributed by atoms with van der Waals surface area (Å²) in [6.07, 6.45) is -1.37. The van der Waals surface area contributed by atoms with Crippen LogP contribution in [0.15, 0.2) is 47.7 Å². The fraction of sp³-hybridized carbons (Fsp3) is 0.143. The summed E-state index contributed by atoms with van der Waals surface area (Å²) in [6.45, 7) is 0.134. The average Bonchev–Trinajstić information content (AvgIpc) is 2.46. The first-order chi connectivity index (χ1) is 9.99. The number of benzene rings is 1. The minimum Gasteiger partial charge on any atom is -0.473 e. The molecule has 2 rings (SSSR count). The molecule has 0 spiro atoms. The monoisotopic (exact) mass is 295 g/mol. The Hall–Kier alpha value is -2.57. The predicted octanol–water partition coefficient (Wildman–Crippen LogP) is 2.97. The van der Waals surface area contributed by atoms with E-state index in [2.05, 4.69) is 10.1 Å². The maximum absolute atomic E-state index is 12.4. The van der Waals surface area contributed by atoms with Crippen LogP contribution in [-0.4, -0.2) is 11.2 Å². The number of hydrogen-bond acceptors (Lipinski definition) is 4. The minimum atomic E-state index is -4.33. The molecule has 1 aromatic carbocycles. The Morgan fingerprint density at radius 3 is 2.38 bits per heavy atom. The molecule has 0 bridgehead atoms. The Bertz CT molecular complexity index is 607. The van der Waals surface area contributed by atoms with Crippen molar-refractivity contribution in [2.45, 2.75) is 12.8 Å². The molecule has 0 unspecified atom stereocenters. The van der Waals surface area contributed by atoms with E-state index < -0.39 is 11.7 Å². The molecule has 0 fully saturated rings. The van der Waals surface area contributed by atoms with Gasteiger partial charge >= 0.3 is 6.18 Å². The maximum Gasteiger partial charge on any atom is 0.416 e. The first-order valence-corrected chi connectivity index (χ1v) is 5.97. The van der Waals surface area contributed by atoms with Crippen LogP contribution in [-0.2, 0) is 12.8 Å². The van der Waals surface area contributed by atoms with E-state index in [1.165, 1.54) is 24.5 Å². The molecule has 21 heavy (non-hydrogen) atoms. The molecule has 1 heterocycles. The quantitative estimate of drug-likeness (QED) is 0.536. The molecule has 7 heteroatoms. The van der Waals surface area contributed by atoms with Gasteiger partial charge in [0.2, 0.25) is 5.88 Å². The Kier molecular flexibility index (Phi) is 4.42. The number of ether oxygens (including phenoxy) is 1. The fourth-order valence-corrected chi connectivity index (χ4v) is 1.59. The molecule has 0 atom stereocenters. The fourth-order valence-electron chi connectivity index (χ4n) is 1.59. The largest absolute Gasteiger partial charge is 0.473 e. The standard InChI is InChI=1S/C14H12F3N3O/c15-14(16,17)12-4-1-10(2-5-12)9-21-13-6-3-11(7-19-13)8-20-18/h1-8H,9,18H2. The van der Waals surface area contributed by atoms with Crippen molar-refractivity contribution in [2.24, 2.45) is 10.9 Å². The van der Waals surface area contributed by atoms with E-state index >= 15 is 0 Å². The molecule has 4 nitrogen and oxygen atoms in total. The molecule has 0 radical (unpaired) electrons. The van der Waals surface area contributed by atoms with Gasteiger partial charge in [-0.25, -0.2) is 4.98 Å². The number of halogens is 3. The van der Waals surface area contributed by atoms with E-state index in [1.807, 2.05) is 0 Å². The van der Waals surface area contributed by atoms with Crippen molar-refractivity contribution >= 4 is 6.21 Å². The summed E-state index contributed by atoms with van der Waals surface area (Å²) < 4.78 is 42.6. The molecular weight excluding hydrogens is 283 g/mol. The third-order valence-electron chi connectivity index (χ3n) is 2.65. The van der Waals surface area contributed by atoms with Crippen molar-refractivity contribution in [3.05, 3.63) is 59.3 Å². The van der Waals surface area contributed by atoms with Gasteiger partial charge in [-0.15, -0.1) is 0 Å². The zero-order valence-electron chi connectivity index (χ0n) is 10.8. The molecule has 0 aliphatic rings. The number of alkyl halides is 3. The molecular formula is C14H12F3N3O. The van der Waals surface area contributed by atoms with E-state index in [0.29, 0.717) is 11.4 Å². The predicted molar refractivity (Wildman–Crippen MR) is 71.8 cm³/mol. The molecule has 0 amide bonds. The number of hydrogen-bond donors (Lipinski definition) is 1. The van der Waals surface area contributed by atoms with E-state index in [-0.39, 0.29) is 6.61 Å². The Morgan fingerprint density at radius 2 is 1.86 bits per heavy atom. The van der Waals surface area contributed by atoms with Crippen molar-refractivity contribution in [3.8, 4) is 5.88 Å².